The molecule has 3 heteroatoms. The lowest BCUT2D eigenvalue weighted by atomic mass is 9.90. The molecule has 3 N–H and O–H groups in total. The van der Waals surface area contributed by atoms with Gasteiger partial charge < -0.3 is 15.3 Å². The molecular weight excluding hydrogens is 204 g/mol. The molecule has 0 radical (unpaired) electrons. The maximum absolute atomic E-state index is 9.81. The van der Waals surface area contributed by atoms with E-state index in [1.165, 1.54) is 12.2 Å². The van der Waals surface area contributed by atoms with Crippen molar-refractivity contribution in [1.82, 2.24) is 0 Å². The van der Waals surface area contributed by atoms with Crippen molar-refractivity contribution in [3.05, 3.63) is 53.3 Å². The van der Waals surface area contributed by atoms with Gasteiger partial charge in [-0.3, -0.25) is 0 Å². The van der Waals surface area contributed by atoms with E-state index >= 15 is 0 Å². The molecule has 0 aromatic heterocycles. The highest BCUT2D eigenvalue weighted by Gasteiger charge is 2.31. The average molecular weight is 218 g/mol. The van der Waals surface area contributed by atoms with Crippen molar-refractivity contribution in [2.24, 2.45) is 0 Å². The zero-order chi connectivity index (χ0) is 11.8. The van der Waals surface area contributed by atoms with Crippen LogP contribution in [0.3, 0.4) is 0 Å². The second-order valence-electron chi connectivity index (χ2n) is 4.07. The zero-order valence-electron chi connectivity index (χ0n) is 9.01. The van der Waals surface area contributed by atoms with Crippen LogP contribution in [-0.4, -0.2) is 21.1 Å². The van der Waals surface area contributed by atoms with Crippen LogP contribution >= 0.6 is 0 Å². The molecule has 1 aromatic rings. The fourth-order valence-corrected chi connectivity index (χ4v) is 1.73. The summed E-state index contributed by atoms with van der Waals surface area (Å²) in [5.41, 5.74) is 2.13. The SMILES string of the molecule is Cc1ccc(C2=CC(O)=CCC2(O)O)cc1. The van der Waals surface area contributed by atoms with Gasteiger partial charge in [0.1, 0.15) is 5.76 Å². The number of hydrogen-bond donors (Lipinski definition) is 3. The third kappa shape index (κ3) is 2.01. The normalized spacial score (nSPS) is 18.9. The lowest BCUT2D eigenvalue weighted by Gasteiger charge is -2.27. The minimum absolute atomic E-state index is 0.00145. The lowest BCUT2D eigenvalue weighted by Crippen LogP contribution is -2.31. The van der Waals surface area contributed by atoms with E-state index in [9.17, 15) is 15.3 Å². The summed E-state index contributed by atoms with van der Waals surface area (Å²) in [4.78, 5) is 0. The Balaban J connectivity index is 2.45. The Morgan fingerprint density at radius 2 is 1.75 bits per heavy atom. The van der Waals surface area contributed by atoms with Crippen LogP contribution in [0.25, 0.3) is 5.57 Å². The molecule has 0 unspecified atom stereocenters. The number of benzene rings is 1. The Morgan fingerprint density at radius 3 is 2.38 bits per heavy atom. The first-order chi connectivity index (χ1) is 7.49. The van der Waals surface area contributed by atoms with Gasteiger partial charge in [-0.25, -0.2) is 0 Å². The van der Waals surface area contributed by atoms with Crippen molar-refractivity contribution < 1.29 is 15.3 Å². The number of hydrogen-bond acceptors (Lipinski definition) is 3. The highest BCUT2D eigenvalue weighted by atomic mass is 16.5. The molecule has 0 atom stereocenters. The smallest absolute Gasteiger partial charge is 0.194 e. The van der Waals surface area contributed by atoms with E-state index in [0.29, 0.717) is 11.1 Å². The summed E-state index contributed by atoms with van der Waals surface area (Å²) >= 11 is 0. The van der Waals surface area contributed by atoms with Crippen LogP contribution in [0.4, 0.5) is 0 Å². The van der Waals surface area contributed by atoms with Gasteiger partial charge in [0.05, 0.1) is 0 Å². The molecule has 0 amide bonds. The molecule has 0 bridgehead atoms. The highest BCUT2D eigenvalue weighted by Crippen LogP contribution is 2.32. The van der Waals surface area contributed by atoms with Crippen LogP contribution in [0.1, 0.15) is 17.5 Å². The Hall–Kier alpha value is -1.58. The van der Waals surface area contributed by atoms with E-state index in [-0.39, 0.29) is 12.2 Å². The standard InChI is InChI=1S/C13H14O3/c1-9-2-4-10(5-3-9)12-8-11(14)6-7-13(12,15)16/h2-6,8,14-16H,7H2,1H3. The van der Waals surface area contributed by atoms with E-state index in [1.807, 2.05) is 19.1 Å². The third-order valence-electron chi connectivity index (χ3n) is 2.68. The van der Waals surface area contributed by atoms with Gasteiger partial charge in [-0.2, -0.15) is 0 Å². The van der Waals surface area contributed by atoms with Gasteiger partial charge in [-0.05, 0) is 24.6 Å². The van der Waals surface area contributed by atoms with E-state index in [2.05, 4.69) is 0 Å². The number of allylic oxidation sites excluding steroid dienone is 1. The maximum atomic E-state index is 9.81. The Kier molecular flexibility index (Phi) is 2.58. The lowest BCUT2D eigenvalue weighted by molar-refractivity contribution is -0.106. The highest BCUT2D eigenvalue weighted by molar-refractivity contribution is 5.74. The third-order valence-corrected chi connectivity index (χ3v) is 2.68. The molecule has 0 fully saturated rings. The van der Waals surface area contributed by atoms with E-state index in [1.54, 1.807) is 12.1 Å². The van der Waals surface area contributed by atoms with Gasteiger partial charge in [-0.1, -0.05) is 29.8 Å². The molecule has 1 aliphatic rings. The number of aliphatic hydroxyl groups is 3. The summed E-state index contributed by atoms with van der Waals surface area (Å²) in [5, 5.41) is 29.0. The monoisotopic (exact) mass is 218 g/mol. The largest absolute Gasteiger partial charge is 0.508 e. The molecule has 0 spiro atoms. The molecule has 0 aliphatic heterocycles. The van der Waals surface area contributed by atoms with E-state index in [0.717, 1.165) is 5.56 Å². The summed E-state index contributed by atoms with van der Waals surface area (Å²) < 4.78 is 0. The predicted octanol–water partition coefficient (Wildman–Crippen LogP) is 1.90. The molecule has 84 valence electrons. The number of aliphatic hydroxyl groups excluding tert-OH is 1. The predicted molar refractivity (Wildman–Crippen MR) is 61.7 cm³/mol. The summed E-state index contributed by atoms with van der Waals surface area (Å²) in [6, 6.07) is 7.39. The molecule has 16 heavy (non-hydrogen) atoms. The first kappa shape index (κ1) is 10.9. The summed E-state index contributed by atoms with van der Waals surface area (Å²) in [6.07, 6.45) is 2.77. The second-order valence-corrected chi connectivity index (χ2v) is 4.07. The summed E-state index contributed by atoms with van der Waals surface area (Å²) in [5.74, 6) is -1.84. The molecule has 0 heterocycles. The van der Waals surface area contributed by atoms with E-state index in [4.69, 9.17) is 0 Å². The Labute approximate surface area is 94.0 Å². The van der Waals surface area contributed by atoms with Gasteiger partial charge >= 0.3 is 0 Å². The van der Waals surface area contributed by atoms with Gasteiger partial charge in [-0.15, -0.1) is 0 Å². The molecule has 2 rings (SSSR count). The average Bonchev–Trinajstić information content (AvgIpc) is 2.23. The second kappa shape index (κ2) is 3.77. The van der Waals surface area contributed by atoms with Gasteiger partial charge in [0.15, 0.2) is 5.79 Å². The fourth-order valence-electron chi connectivity index (χ4n) is 1.73. The molecule has 1 aromatic carbocycles. The Bertz CT molecular complexity index is 453. The van der Waals surface area contributed by atoms with Crippen LogP contribution in [0, 0.1) is 6.92 Å². The minimum atomic E-state index is -1.90. The Morgan fingerprint density at radius 1 is 1.12 bits per heavy atom. The number of rotatable bonds is 1. The summed E-state index contributed by atoms with van der Waals surface area (Å²) in [7, 11) is 0. The van der Waals surface area contributed by atoms with Crippen LogP contribution in [0.2, 0.25) is 0 Å². The van der Waals surface area contributed by atoms with Crippen LogP contribution in [-0.2, 0) is 0 Å². The number of aryl methyl sites for hydroxylation is 1. The molecule has 1 aliphatic carbocycles. The fraction of sp³-hybridized carbons (Fsp3) is 0.231. The van der Waals surface area contributed by atoms with Crippen molar-refractivity contribution in [2.45, 2.75) is 19.1 Å². The van der Waals surface area contributed by atoms with Crippen LogP contribution < -0.4 is 0 Å². The summed E-state index contributed by atoms with van der Waals surface area (Å²) in [6.45, 7) is 1.96. The maximum Gasteiger partial charge on any atom is 0.194 e. The minimum Gasteiger partial charge on any atom is -0.508 e. The van der Waals surface area contributed by atoms with Crippen molar-refractivity contribution in [3.63, 3.8) is 0 Å². The van der Waals surface area contributed by atoms with E-state index < -0.39 is 5.79 Å². The van der Waals surface area contributed by atoms with Crippen LogP contribution in [0.15, 0.2) is 42.2 Å². The van der Waals surface area contributed by atoms with Gasteiger partial charge in [0, 0.05) is 12.0 Å². The zero-order valence-corrected chi connectivity index (χ0v) is 9.01. The van der Waals surface area contributed by atoms with Crippen molar-refractivity contribution in [3.8, 4) is 0 Å². The van der Waals surface area contributed by atoms with Gasteiger partial charge in [0.2, 0.25) is 0 Å². The quantitative estimate of drug-likeness (QED) is 0.631. The molecule has 0 saturated carbocycles. The van der Waals surface area contributed by atoms with Crippen molar-refractivity contribution >= 4 is 5.57 Å². The molecular formula is C13H14O3. The topological polar surface area (TPSA) is 60.7 Å². The first-order valence-corrected chi connectivity index (χ1v) is 5.12. The first-order valence-electron chi connectivity index (χ1n) is 5.12. The van der Waals surface area contributed by atoms with Crippen molar-refractivity contribution in [1.29, 1.82) is 0 Å². The van der Waals surface area contributed by atoms with Gasteiger partial charge in [0.25, 0.3) is 0 Å². The molecule has 0 saturated heterocycles. The molecule has 3 nitrogen and oxygen atoms in total. The van der Waals surface area contributed by atoms with Crippen LogP contribution in [0.5, 0.6) is 0 Å². The van der Waals surface area contributed by atoms with Crippen molar-refractivity contribution in [2.75, 3.05) is 0 Å².